The van der Waals surface area contributed by atoms with Gasteiger partial charge in [-0.1, -0.05) is 40.5 Å². The number of fused-ring (bicyclic) bond motifs is 1. The number of halogens is 3. The van der Waals surface area contributed by atoms with Crippen LogP contribution in [0.15, 0.2) is 61.1 Å². The summed E-state index contributed by atoms with van der Waals surface area (Å²) in [4.78, 5) is 8.16. The Morgan fingerprint density at radius 3 is 2.75 bits per heavy atom. The summed E-state index contributed by atoms with van der Waals surface area (Å²) in [6, 6.07) is 11.9. The molecule has 1 saturated carbocycles. The molecule has 6 rings (SSSR count). The third-order valence-corrected chi connectivity index (χ3v) is 7.03. The molecule has 40 heavy (non-hydrogen) atoms. The molecule has 1 aliphatic rings. The lowest BCUT2D eigenvalue weighted by atomic mass is 10.0. The summed E-state index contributed by atoms with van der Waals surface area (Å²) >= 11 is 13.0. The molecule has 0 spiro atoms. The van der Waals surface area contributed by atoms with E-state index in [-0.39, 0.29) is 16.6 Å². The quantitative estimate of drug-likeness (QED) is 0.193. The van der Waals surface area contributed by atoms with Crippen LogP contribution < -0.4 is 15.4 Å². The number of methoxy groups -OCH3 is 1. The van der Waals surface area contributed by atoms with E-state index in [9.17, 15) is 11.0 Å². The van der Waals surface area contributed by atoms with E-state index in [0.29, 0.717) is 50.0 Å². The number of aromatic nitrogens is 5. The van der Waals surface area contributed by atoms with E-state index in [0.717, 1.165) is 12.8 Å². The van der Waals surface area contributed by atoms with Crippen LogP contribution in [0.4, 0.5) is 21.5 Å². The zero-order chi connectivity index (χ0) is 28.7. The van der Waals surface area contributed by atoms with Crippen LogP contribution in [-0.2, 0) is 0 Å². The lowest BCUT2D eigenvalue weighted by Gasteiger charge is -2.20. The maximum atomic E-state index is 13.7. The second-order valence-electron chi connectivity index (χ2n) is 9.14. The summed E-state index contributed by atoms with van der Waals surface area (Å²) < 4.78 is 30.4. The van der Waals surface area contributed by atoms with Crippen LogP contribution in [0.2, 0.25) is 10.0 Å². The van der Waals surface area contributed by atoms with Crippen LogP contribution in [0.3, 0.4) is 0 Å². The molecule has 9 nitrogen and oxygen atoms in total. The van der Waals surface area contributed by atoms with Crippen LogP contribution in [0.1, 0.15) is 43.1 Å². The van der Waals surface area contributed by atoms with Crippen molar-refractivity contribution in [2.75, 3.05) is 17.7 Å². The Labute approximate surface area is 239 Å². The molecule has 0 unspecified atom stereocenters. The highest BCUT2D eigenvalue weighted by Gasteiger charge is 2.27. The smallest absolute Gasteiger partial charge is 0.212 e. The first-order valence-corrected chi connectivity index (χ1v) is 13.0. The molecule has 0 bridgehead atoms. The van der Waals surface area contributed by atoms with E-state index in [2.05, 4.69) is 37.0 Å². The van der Waals surface area contributed by atoms with Gasteiger partial charge in [-0.15, -0.1) is 5.10 Å². The van der Waals surface area contributed by atoms with Crippen LogP contribution >= 0.6 is 23.2 Å². The van der Waals surface area contributed by atoms with Crippen molar-refractivity contribution in [1.29, 1.82) is 5.26 Å². The second kappa shape index (κ2) is 10.6. The fourth-order valence-electron chi connectivity index (χ4n) is 4.36. The average Bonchev–Trinajstić information content (AvgIpc) is 3.69. The fraction of sp³-hybridized carbons (Fsp3) is 0.179. The minimum Gasteiger partial charge on any atom is -0.493 e. The second-order valence-corrected chi connectivity index (χ2v) is 9.96. The first-order valence-electron chi connectivity index (χ1n) is 12.7. The Kier molecular flexibility index (Phi) is 6.51. The minimum atomic E-state index is -1.71. The summed E-state index contributed by atoms with van der Waals surface area (Å²) in [5.41, 5.74) is 2.67. The predicted octanol–water partition coefficient (Wildman–Crippen LogP) is 6.83. The number of nitrogens with one attached hydrogen (secondary N) is 2. The number of pyridine rings is 2. The summed E-state index contributed by atoms with van der Waals surface area (Å²) in [6.45, 7) is 0. The Balaban J connectivity index is 1.48. The monoisotopic (exact) mass is 575 g/mol. The van der Waals surface area contributed by atoms with Gasteiger partial charge in [0, 0.05) is 23.5 Å². The van der Waals surface area contributed by atoms with Crippen molar-refractivity contribution in [1.82, 2.24) is 25.0 Å². The number of rotatable bonds is 8. The average molecular weight is 576 g/mol. The SMILES string of the molecule is [2H][C@@](Nc1cc(Cl)c2ncc(C#N)c(Nc3cccc(Cl)c3OC)c2c1)(c1ccc(F)nc1)c1cn(C2CC2)nn1. The van der Waals surface area contributed by atoms with Crippen molar-refractivity contribution in [2.45, 2.75) is 24.9 Å². The molecule has 0 saturated heterocycles. The van der Waals surface area contributed by atoms with Crippen molar-refractivity contribution in [2.24, 2.45) is 0 Å². The van der Waals surface area contributed by atoms with E-state index in [4.69, 9.17) is 27.9 Å². The van der Waals surface area contributed by atoms with Crippen LogP contribution in [0.25, 0.3) is 10.9 Å². The molecule has 2 aromatic carbocycles. The van der Waals surface area contributed by atoms with E-state index in [1.807, 2.05) is 0 Å². The number of hydrogen-bond donors (Lipinski definition) is 2. The van der Waals surface area contributed by atoms with Gasteiger partial charge in [0.25, 0.3) is 0 Å². The minimum absolute atomic E-state index is 0.245. The number of ether oxygens (including phenoxy) is 1. The topological polar surface area (TPSA) is 114 Å². The van der Waals surface area contributed by atoms with Crippen molar-refractivity contribution in [3.8, 4) is 11.8 Å². The third kappa shape index (κ3) is 4.97. The summed E-state index contributed by atoms with van der Waals surface area (Å²) in [5.74, 6) is -0.273. The highest BCUT2D eigenvalue weighted by molar-refractivity contribution is 6.36. The van der Waals surface area contributed by atoms with Gasteiger partial charge in [0.2, 0.25) is 5.95 Å². The van der Waals surface area contributed by atoms with Crippen LogP contribution in [0, 0.1) is 17.3 Å². The lowest BCUT2D eigenvalue weighted by molar-refractivity contribution is 0.417. The summed E-state index contributed by atoms with van der Waals surface area (Å²) in [5, 5.41) is 26.0. The molecule has 1 fully saturated rings. The molecule has 1 atom stereocenters. The molecule has 200 valence electrons. The van der Waals surface area contributed by atoms with E-state index >= 15 is 0 Å². The van der Waals surface area contributed by atoms with Crippen LogP contribution in [-0.4, -0.2) is 32.1 Å². The molecule has 0 amide bonds. The maximum Gasteiger partial charge on any atom is 0.212 e. The van der Waals surface area contributed by atoms with Gasteiger partial charge in [0.15, 0.2) is 5.75 Å². The summed E-state index contributed by atoms with van der Waals surface area (Å²) in [7, 11) is 1.50. The highest BCUT2D eigenvalue weighted by atomic mass is 35.5. The molecule has 3 aromatic heterocycles. The molecule has 2 N–H and O–H groups in total. The summed E-state index contributed by atoms with van der Waals surface area (Å²) in [6.07, 6.45) is 6.39. The highest BCUT2D eigenvalue weighted by Crippen LogP contribution is 2.40. The number of nitriles is 1. The Hall–Kier alpha value is -4.46. The third-order valence-electron chi connectivity index (χ3n) is 6.45. The molecule has 0 aliphatic heterocycles. The molecule has 5 aromatic rings. The first-order chi connectivity index (χ1) is 19.8. The zero-order valence-electron chi connectivity index (χ0n) is 22.0. The van der Waals surface area contributed by atoms with Crippen molar-refractivity contribution in [3.05, 3.63) is 93.9 Å². The van der Waals surface area contributed by atoms with Crippen LogP contribution in [0.5, 0.6) is 5.75 Å². The van der Waals surface area contributed by atoms with Crippen molar-refractivity contribution >= 4 is 51.2 Å². The normalized spacial score (nSPS) is 14.7. The molecule has 3 heterocycles. The molecule has 12 heteroatoms. The Morgan fingerprint density at radius 1 is 1.18 bits per heavy atom. The van der Waals surface area contributed by atoms with Gasteiger partial charge < -0.3 is 15.4 Å². The maximum absolute atomic E-state index is 13.7. The standard InChI is InChI=1S/C28H21Cl2FN8O/c1-40-28-20(29)3-2-4-22(28)36-25-16(11-32)13-34-27-19(25)9-17(10-21(27)30)35-26(15-5-8-24(31)33-12-15)23-14-39(38-37-23)18-6-7-18/h2-5,8-10,12-14,18,26,35H,6-7H2,1H3,(H,34,36)/t26-/m1/s1/i26D. The number of anilines is 3. The van der Waals surface area contributed by atoms with E-state index in [1.54, 1.807) is 41.2 Å². The van der Waals surface area contributed by atoms with E-state index < -0.39 is 12.0 Å². The van der Waals surface area contributed by atoms with Crippen molar-refractivity contribution in [3.63, 3.8) is 0 Å². The Morgan fingerprint density at radius 2 is 2.02 bits per heavy atom. The number of para-hydroxylation sites is 1. The molecule has 1 aliphatic carbocycles. The lowest BCUT2D eigenvalue weighted by Crippen LogP contribution is -2.14. The predicted molar refractivity (Wildman–Crippen MR) is 151 cm³/mol. The van der Waals surface area contributed by atoms with Gasteiger partial charge in [0.05, 0.1) is 59.2 Å². The van der Waals surface area contributed by atoms with Gasteiger partial charge in [-0.3, -0.25) is 4.98 Å². The van der Waals surface area contributed by atoms with Gasteiger partial charge >= 0.3 is 0 Å². The molecular formula is C28H21Cl2FN8O. The fourth-order valence-corrected chi connectivity index (χ4v) is 4.88. The number of hydrogen-bond acceptors (Lipinski definition) is 8. The van der Waals surface area contributed by atoms with E-state index in [1.165, 1.54) is 31.6 Å². The van der Waals surface area contributed by atoms with Gasteiger partial charge in [-0.25, -0.2) is 9.67 Å². The zero-order valence-corrected chi connectivity index (χ0v) is 22.5. The Bertz CT molecular complexity index is 1820. The largest absolute Gasteiger partial charge is 0.493 e. The van der Waals surface area contributed by atoms with Crippen molar-refractivity contribution < 1.29 is 10.5 Å². The molecule has 0 radical (unpaired) electrons. The van der Waals surface area contributed by atoms with Gasteiger partial charge in [0.1, 0.15) is 11.8 Å². The van der Waals surface area contributed by atoms with Gasteiger partial charge in [-0.2, -0.15) is 9.65 Å². The number of nitrogens with zero attached hydrogens (tertiary/aromatic N) is 6. The van der Waals surface area contributed by atoms with Gasteiger partial charge in [-0.05, 0) is 48.7 Å². The first kappa shape index (κ1) is 24.6. The number of benzene rings is 2. The molecular weight excluding hydrogens is 554 g/mol.